The number of aryl methyl sites for hydroxylation is 2. The first-order valence-electron chi connectivity index (χ1n) is 6.09. The smallest absolute Gasteiger partial charge is 0.238 e. The predicted octanol–water partition coefficient (Wildman–Crippen LogP) is 2.11. The highest BCUT2D eigenvalue weighted by Gasteiger charge is 2.11. The molecule has 0 spiro atoms. The zero-order chi connectivity index (χ0) is 14.1. The van der Waals surface area contributed by atoms with Crippen LogP contribution in [-0.4, -0.2) is 19.7 Å². The van der Waals surface area contributed by atoms with E-state index >= 15 is 0 Å². The number of benzene rings is 1. The van der Waals surface area contributed by atoms with Gasteiger partial charge in [-0.3, -0.25) is 10.1 Å². The fraction of sp³-hybridized carbons (Fsp3) is 0.154. The van der Waals surface area contributed by atoms with Crippen LogP contribution in [-0.2, 0) is 7.05 Å². The van der Waals surface area contributed by atoms with Gasteiger partial charge in [0.05, 0.1) is 11.2 Å². The van der Waals surface area contributed by atoms with Crippen LogP contribution in [0.1, 0.15) is 5.69 Å². The van der Waals surface area contributed by atoms with Crippen molar-refractivity contribution in [1.29, 1.82) is 0 Å². The third kappa shape index (κ3) is 2.33. The van der Waals surface area contributed by atoms with E-state index in [9.17, 15) is 0 Å². The van der Waals surface area contributed by atoms with E-state index in [1.54, 1.807) is 11.8 Å². The molecule has 1 aromatic carbocycles. The van der Waals surface area contributed by atoms with E-state index in [0.717, 1.165) is 26.6 Å². The van der Waals surface area contributed by atoms with Crippen molar-refractivity contribution in [3.8, 4) is 0 Å². The Balaban J connectivity index is 2.12. The highest BCUT2D eigenvalue weighted by atomic mass is 32.2. The van der Waals surface area contributed by atoms with Crippen LogP contribution in [0.2, 0.25) is 0 Å². The molecule has 6 nitrogen and oxygen atoms in total. The number of hydrogen-bond donors (Lipinski definition) is 2. The number of nitrogen functional groups attached to an aromatic ring is 1. The number of anilines is 1. The number of nitrogens with one attached hydrogen (secondary N) is 1. The van der Waals surface area contributed by atoms with Gasteiger partial charge in [0, 0.05) is 12.4 Å². The van der Waals surface area contributed by atoms with Crippen LogP contribution >= 0.6 is 11.8 Å². The van der Waals surface area contributed by atoms with Crippen molar-refractivity contribution in [3.05, 3.63) is 36.0 Å². The van der Waals surface area contributed by atoms with E-state index in [-0.39, 0.29) is 0 Å². The Morgan fingerprint density at radius 1 is 1.25 bits per heavy atom. The summed E-state index contributed by atoms with van der Waals surface area (Å²) in [6, 6.07) is 9.88. The Morgan fingerprint density at radius 2 is 2.05 bits per heavy atom. The van der Waals surface area contributed by atoms with Crippen molar-refractivity contribution in [2.45, 2.75) is 17.0 Å². The number of aromatic nitrogens is 4. The molecule has 0 bridgehead atoms. The maximum absolute atomic E-state index is 5.44. The molecular weight excluding hydrogens is 272 g/mol. The summed E-state index contributed by atoms with van der Waals surface area (Å²) >= 11 is 1.55. The fourth-order valence-electron chi connectivity index (χ4n) is 1.97. The maximum atomic E-state index is 5.44. The Hall–Kier alpha value is -2.12. The summed E-state index contributed by atoms with van der Waals surface area (Å²) in [6.07, 6.45) is 0. The molecule has 0 aliphatic carbocycles. The van der Waals surface area contributed by atoms with Crippen LogP contribution in [0.15, 0.2) is 40.4 Å². The van der Waals surface area contributed by atoms with Crippen molar-refractivity contribution in [1.82, 2.24) is 19.7 Å². The largest absolute Gasteiger partial charge is 0.292 e. The number of nitrogens with two attached hydrogens (primary N) is 1. The Morgan fingerprint density at radius 3 is 2.75 bits per heavy atom. The summed E-state index contributed by atoms with van der Waals surface area (Å²) < 4.78 is 1.84. The molecule has 2 aromatic heterocycles. The molecule has 0 amide bonds. The second-order valence-corrected chi connectivity index (χ2v) is 5.37. The van der Waals surface area contributed by atoms with Crippen molar-refractivity contribution >= 4 is 28.6 Å². The number of hydrogen-bond acceptors (Lipinski definition) is 6. The minimum absolute atomic E-state index is 0.407. The Labute approximate surface area is 120 Å². The molecule has 7 heteroatoms. The van der Waals surface area contributed by atoms with E-state index in [0.29, 0.717) is 5.95 Å². The standard InChI is InChI=1S/C13H14N6S/c1-8-7-11(19(2)18-8)20-12-9-5-3-4-6-10(9)15-13(16-12)17-14/h3-7H,14H2,1-2H3,(H,15,16,17). The normalized spacial score (nSPS) is 10.9. The molecule has 0 radical (unpaired) electrons. The number of hydrazine groups is 1. The third-order valence-corrected chi connectivity index (χ3v) is 3.95. The van der Waals surface area contributed by atoms with Crippen LogP contribution < -0.4 is 11.3 Å². The summed E-state index contributed by atoms with van der Waals surface area (Å²) in [5.41, 5.74) is 4.34. The summed E-state index contributed by atoms with van der Waals surface area (Å²) in [7, 11) is 1.92. The molecule has 2 heterocycles. The molecule has 0 aliphatic heterocycles. The van der Waals surface area contributed by atoms with Gasteiger partial charge in [-0.15, -0.1) is 0 Å². The van der Waals surface area contributed by atoms with Gasteiger partial charge in [0.2, 0.25) is 5.95 Å². The first kappa shape index (κ1) is 12.9. The molecule has 3 rings (SSSR count). The highest BCUT2D eigenvalue weighted by molar-refractivity contribution is 7.99. The minimum Gasteiger partial charge on any atom is -0.292 e. The fourth-order valence-corrected chi connectivity index (χ4v) is 2.99. The molecule has 20 heavy (non-hydrogen) atoms. The van der Waals surface area contributed by atoms with Gasteiger partial charge < -0.3 is 0 Å². The van der Waals surface area contributed by atoms with Gasteiger partial charge >= 0.3 is 0 Å². The van der Waals surface area contributed by atoms with Crippen LogP contribution in [0.5, 0.6) is 0 Å². The molecule has 3 aromatic rings. The van der Waals surface area contributed by atoms with Gasteiger partial charge in [0.1, 0.15) is 10.1 Å². The lowest BCUT2D eigenvalue weighted by Crippen LogP contribution is -2.11. The molecule has 0 unspecified atom stereocenters. The lowest BCUT2D eigenvalue weighted by Gasteiger charge is -2.07. The Kier molecular flexibility index (Phi) is 3.29. The van der Waals surface area contributed by atoms with Gasteiger partial charge in [-0.05, 0) is 30.8 Å². The number of fused-ring (bicyclic) bond motifs is 1. The van der Waals surface area contributed by atoms with Gasteiger partial charge in [0.25, 0.3) is 0 Å². The van der Waals surface area contributed by atoms with Crippen LogP contribution in [0.4, 0.5) is 5.95 Å². The lowest BCUT2D eigenvalue weighted by atomic mass is 10.2. The van der Waals surface area contributed by atoms with E-state index < -0.39 is 0 Å². The first-order chi connectivity index (χ1) is 9.67. The molecule has 0 saturated heterocycles. The topological polar surface area (TPSA) is 81.6 Å². The van der Waals surface area contributed by atoms with Crippen LogP contribution in [0.25, 0.3) is 10.9 Å². The van der Waals surface area contributed by atoms with Crippen LogP contribution in [0.3, 0.4) is 0 Å². The molecule has 0 aliphatic rings. The summed E-state index contributed by atoms with van der Waals surface area (Å²) in [4.78, 5) is 8.78. The molecule has 0 saturated carbocycles. The lowest BCUT2D eigenvalue weighted by molar-refractivity contribution is 0.692. The summed E-state index contributed by atoms with van der Waals surface area (Å²) in [5.74, 6) is 5.84. The van der Waals surface area contributed by atoms with Crippen molar-refractivity contribution < 1.29 is 0 Å². The first-order valence-corrected chi connectivity index (χ1v) is 6.91. The van der Waals surface area contributed by atoms with Gasteiger partial charge in [-0.1, -0.05) is 18.2 Å². The van der Waals surface area contributed by atoms with Gasteiger partial charge in [0.15, 0.2) is 0 Å². The average molecular weight is 286 g/mol. The quantitative estimate of drug-likeness (QED) is 0.436. The van der Waals surface area contributed by atoms with Crippen molar-refractivity contribution in [3.63, 3.8) is 0 Å². The van der Waals surface area contributed by atoms with E-state index in [1.807, 2.05) is 49.0 Å². The molecule has 0 fully saturated rings. The summed E-state index contributed by atoms with van der Waals surface area (Å²) in [5, 5.41) is 7.21. The van der Waals surface area contributed by atoms with Crippen LogP contribution in [0, 0.1) is 6.92 Å². The second kappa shape index (κ2) is 5.10. The average Bonchev–Trinajstić information content (AvgIpc) is 2.76. The zero-order valence-electron chi connectivity index (χ0n) is 11.2. The third-order valence-electron chi connectivity index (χ3n) is 2.86. The highest BCUT2D eigenvalue weighted by Crippen LogP contribution is 2.32. The van der Waals surface area contributed by atoms with E-state index in [1.165, 1.54) is 0 Å². The molecular formula is C13H14N6S. The molecule has 3 N–H and O–H groups in total. The van der Waals surface area contributed by atoms with Crippen molar-refractivity contribution in [2.75, 3.05) is 5.43 Å². The monoisotopic (exact) mass is 286 g/mol. The van der Waals surface area contributed by atoms with Gasteiger partial charge in [-0.2, -0.15) is 5.10 Å². The number of nitrogens with zero attached hydrogens (tertiary/aromatic N) is 4. The Bertz CT molecular complexity index is 767. The van der Waals surface area contributed by atoms with Gasteiger partial charge in [-0.25, -0.2) is 15.8 Å². The predicted molar refractivity (Wildman–Crippen MR) is 79.4 cm³/mol. The SMILES string of the molecule is Cc1cc(Sc2nc(NN)nc3ccccc23)n(C)n1. The number of rotatable bonds is 3. The van der Waals surface area contributed by atoms with E-state index in [2.05, 4.69) is 20.5 Å². The van der Waals surface area contributed by atoms with Crippen molar-refractivity contribution in [2.24, 2.45) is 12.9 Å². The minimum atomic E-state index is 0.407. The summed E-state index contributed by atoms with van der Waals surface area (Å²) in [6.45, 7) is 1.97. The molecule has 0 atom stereocenters. The molecule has 102 valence electrons. The second-order valence-electron chi connectivity index (χ2n) is 4.36. The number of para-hydroxylation sites is 1. The van der Waals surface area contributed by atoms with E-state index in [4.69, 9.17) is 5.84 Å². The zero-order valence-corrected chi connectivity index (χ0v) is 12.0. The maximum Gasteiger partial charge on any atom is 0.238 e.